The van der Waals surface area contributed by atoms with E-state index in [2.05, 4.69) is 0 Å². The highest BCUT2D eigenvalue weighted by atomic mass is 35.5. The lowest BCUT2D eigenvalue weighted by Crippen LogP contribution is -1.99. The summed E-state index contributed by atoms with van der Waals surface area (Å²) in [6.07, 6.45) is 3.93. The van der Waals surface area contributed by atoms with Gasteiger partial charge in [-0.2, -0.15) is 0 Å². The number of rotatable bonds is 4. The van der Waals surface area contributed by atoms with Gasteiger partial charge in [-0.15, -0.1) is 0 Å². The van der Waals surface area contributed by atoms with Crippen molar-refractivity contribution >= 4 is 11.6 Å². The second-order valence-electron chi connectivity index (χ2n) is 4.25. The summed E-state index contributed by atoms with van der Waals surface area (Å²) in [5, 5.41) is 9.86. The molecule has 1 N–H and O–H groups in total. The standard InChI is InChI=1S/C14H15ClFNO/c1-2-13(18)10-6-7-17(8-10)9-11-4-3-5-12(16)14(11)15/h3-8,13,18H,2,9H2,1H3. The van der Waals surface area contributed by atoms with Crippen LogP contribution in [0.3, 0.4) is 0 Å². The van der Waals surface area contributed by atoms with E-state index in [4.69, 9.17) is 11.6 Å². The van der Waals surface area contributed by atoms with Crippen LogP contribution in [0.5, 0.6) is 0 Å². The summed E-state index contributed by atoms with van der Waals surface area (Å²) in [4.78, 5) is 0. The molecule has 0 aliphatic rings. The van der Waals surface area contributed by atoms with Gasteiger partial charge in [-0.05, 0) is 29.7 Å². The predicted octanol–water partition coefficient (Wildman–Crippen LogP) is 3.77. The Hall–Kier alpha value is -1.32. The molecule has 0 aliphatic carbocycles. The third kappa shape index (κ3) is 2.74. The van der Waals surface area contributed by atoms with Gasteiger partial charge in [0.25, 0.3) is 0 Å². The third-order valence-corrected chi connectivity index (χ3v) is 3.35. The van der Waals surface area contributed by atoms with E-state index in [1.165, 1.54) is 6.07 Å². The fourth-order valence-electron chi connectivity index (χ4n) is 1.86. The minimum Gasteiger partial charge on any atom is -0.388 e. The van der Waals surface area contributed by atoms with Crippen LogP contribution in [-0.2, 0) is 6.54 Å². The number of hydrogen-bond donors (Lipinski definition) is 1. The molecule has 2 nitrogen and oxygen atoms in total. The number of halogens is 2. The van der Waals surface area contributed by atoms with Crippen LogP contribution in [0.15, 0.2) is 36.7 Å². The molecule has 0 saturated carbocycles. The fourth-order valence-corrected chi connectivity index (χ4v) is 2.04. The van der Waals surface area contributed by atoms with E-state index in [1.54, 1.807) is 12.1 Å². The summed E-state index contributed by atoms with van der Waals surface area (Å²) in [5.74, 6) is -0.407. The zero-order valence-electron chi connectivity index (χ0n) is 10.1. The maximum absolute atomic E-state index is 13.3. The van der Waals surface area contributed by atoms with E-state index in [1.807, 2.05) is 30.0 Å². The second kappa shape index (κ2) is 5.55. The van der Waals surface area contributed by atoms with Crippen molar-refractivity contribution in [2.75, 3.05) is 0 Å². The second-order valence-corrected chi connectivity index (χ2v) is 4.63. The van der Waals surface area contributed by atoms with Crippen LogP contribution >= 0.6 is 11.6 Å². The van der Waals surface area contributed by atoms with Crippen molar-refractivity contribution in [1.29, 1.82) is 0 Å². The van der Waals surface area contributed by atoms with Crippen molar-refractivity contribution in [1.82, 2.24) is 4.57 Å². The van der Waals surface area contributed by atoms with Crippen molar-refractivity contribution in [3.63, 3.8) is 0 Å². The zero-order valence-corrected chi connectivity index (χ0v) is 10.9. The highest BCUT2D eigenvalue weighted by Crippen LogP contribution is 2.22. The van der Waals surface area contributed by atoms with Gasteiger partial charge >= 0.3 is 0 Å². The van der Waals surface area contributed by atoms with Crippen LogP contribution < -0.4 is 0 Å². The molecule has 0 amide bonds. The molecule has 0 aliphatic heterocycles. The Labute approximate surface area is 111 Å². The van der Waals surface area contributed by atoms with Crippen molar-refractivity contribution in [2.45, 2.75) is 26.0 Å². The maximum Gasteiger partial charge on any atom is 0.142 e. The maximum atomic E-state index is 13.3. The first-order valence-electron chi connectivity index (χ1n) is 5.88. The molecule has 0 fully saturated rings. The molecule has 1 heterocycles. The van der Waals surface area contributed by atoms with Gasteiger partial charge in [-0.1, -0.05) is 30.7 Å². The van der Waals surface area contributed by atoms with E-state index in [-0.39, 0.29) is 5.02 Å². The molecule has 18 heavy (non-hydrogen) atoms. The summed E-state index contributed by atoms with van der Waals surface area (Å²) in [5.41, 5.74) is 1.59. The molecule has 1 atom stereocenters. The summed E-state index contributed by atoms with van der Waals surface area (Å²) < 4.78 is 15.2. The summed E-state index contributed by atoms with van der Waals surface area (Å²) in [7, 11) is 0. The topological polar surface area (TPSA) is 25.2 Å². The number of nitrogens with zero attached hydrogens (tertiary/aromatic N) is 1. The zero-order chi connectivity index (χ0) is 13.1. The summed E-state index contributed by atoms with van der Waals surface area (Å²) >= 11 is 5.90. The number of benzene rings is 1. The largest absolute Gasteiger partial charge is 0.388 e. The average molecular weight is 268 g/mol. The van der Waals surface area contributed by atoms with Crippen LogP contribution in [0.1, 0.15) is 30.6 Å². The Morgan fingerprint density at radius 3 is 2.89 bits per heavy atom. The highest BCUT2D eigenvalue weighted by molar-refractivity contribution is 6.31. The molecule has 1 aromatic heterocycles. The highest BCUT2D eigenvalue weighted by Gasteiger charge is 2.09. The van der Waals surface area contributed by atoms with Gasteiger partial charge < -0.3 is 9.67 Å². The molecule has 1 unspecified atom stereocenters. The Morgan fingerprint density at radius 2 is 2.17 bits per heavy atom. The molecule has 96 valence electrons. The first-order chi connectivity index (χ1) is 8.61. The minimum absolute atomic E-state index is 0.156. The number of hydrogen-bond acceptors (Lipinski definition) is 1. The lowest BCUT2D eigenvalue weighted by molar-refractivity contribution is 0.173. The normalized spacial score (nSPS) is 12.7. The van der Waals surface area contributed by atoms with E-state index in [0.29, 0.717) is 13.0 Å². The van der Waals surface area contributed by atoms with Crippen molar-refractivity contribution in [3.05, 3.63) is 58.6 Å². The van der Waals surface area contributed by atoms with Crippen LogP contribution in [0.25, 0.3) is 0 Å². The number of aliphatic hydroxyl groups excluding tert-OH is 1. The van der Waals surface area contributed by atoms with Gasteiger partial charge in [-0.25, -0.2) is 4.39 Å². The minimum atomic E-state index is -0.450. The number of aromatic nitrogens is 1. The monoisotopic (exact) mass is 267 g/mol. The van der Waals surface area contributed by atoms with Gasteiger partial charge in [0.1, 0.15) is 5.82 Å². The van der Waals surface area contributed by atoms with Gasteiger partial charge in [0, 0.05) is 18.9 Å². The van der Waals surface area contributed by atoms with Crippen molar-refractivity contribution in [2.24, 2.45) is 0 Å². The van der Waals surface area contributed by atoms with Crippen molar-refractivity contribution < 1.29 is 9.50 Å². The van der Waals surface area contributed by atoms with Crippen LogP contribution in [0, 0.1) is 5.82 Å². The first-order valence-corrected chi connectivity index (χ1v) is 6.26. The van der Waals surface area contributed by atoms with Crippen LogP contribution in [0.2, 0.25) is 5.02 Å². The van der Waals surface area contributed by atoms with Crippen LogP contribution in [-0.4, -0.2) is 9.67 Å². The SMILES string of the molecule is CCC(O)c1ccn(Cc2cccc(F)c2Cl)c1. The molecule has 0 spiro atoms. The van der Waals surface area contributed by atoms with E-state index < -0.39 is 11.9 Å². The fraction of sp³-hybridized carbons (Fsp3) is 0.286. The lowest BCUT2D eigenvalue weighted by Gasteiger charge is -2.07. The van der Waals surface area contributed by atoms with Crippen LogP contribution in [0.4, 0.5) is 4.39 Å². The molecule has 0 bridgehead atoms. The Morgan fingerprint density at radius 1 is 1.39 bits per heavy atom. The molecule has 2 aromatic rings. The van der Waals surface area contributed by atoms with Gasteiger partial charge in [0.15, 0.2) is 0 Å². The first kappa shape index (κ1) is 13.1. The molecular weight excluding hydrogens is 253 g/mol. The lowest BCUT2D eigenvalue weighted by atomic mass is 10.1. The molecule has 2 rings (SSSR count). The predicted molar refractivity (Wildman–Crippen MR) is 70.2 cm³/mol. The van der Waals surface area contributed by atoms with E-state index in [9.17, 15) is 9.50 Å². The smallest absolute Gasteiger partial charge is 0.142 e. The molecule has 0 saturated heterocycles. The van der Waals surface area contributed by atoms with Crippen molar-refractivity contribution in [3.8, 4) is 0 Å². The molecule has 1 aromatic carbocycles. The Bertz CT molecular complexity index is 538. The van der Waals surface area contributed by atoms with Gasteiger partial charge in [0.2, 0.25) is 0 Å². The quantitative estimate of drug-likeness (QED) is 0.896. The average Bonchev–Trinajstić information content (AvgIpc) is 2.82. The third-order valence-electron chi connectivity index (χ3n) is 2.93. The summed E-state index contributed by atoms with van der Waals surface area (Å²) in [6.45, 7) is 2.42. The van der Waals surface area contributed by atoms with Gasteiger partial charge in [0.05, 0.1) is 11.1 Å². The van der Waals surface area contributed by atoms with E-state index >= 15 is 0 Å². The number of aliphatic hydroxyl groups is 1. The molecule has 0 radical (unpaired) electrons. The summed E-state index contributed by atoms with van der Waals surface area (Å²) in [6, 6.07) is 6.64. The van der Waals surface area contributed by atoms with Gasteiger partial charge in [-0.3, -0.25) is 0 Å². The molecular formula is C14H15ClFNO. The molecule has 4 heteroatoms. The van der Waals surface area contributed by atoms with E-state index in [0.717, 1.165) is 11.1 Å². The Kier molecular flexibility index (Phi) is 4.04. The Balaban J connectivity index is 2.19.